The van der Waals surface area contributed by atoms with Crippen LogP contribution < -0.4 is 5.32 Å². The van der Waals surface area contributed by atoms with Crippen LogP contribution >= 0.6 is 27.3 Å². The van der Waals surface area contributed by atoms with Gasteiger partial charge >= 0.3 is 0 Å². The summed E-state index contributed by atoms with van der Waals surface area (Å²) in [4.78, 5) is 1.31. The lowest BCUT2D eigenvalue weighted by Crippen LogP contribution is -2.14. The Labute approximate surface area is 114 Å². The van der Waals surface area contributed by atoms with Crippen molar-refractivity contribution in [3.63, 3.8) is 0 Å². The molecular formula is C12H16BrN3S. The zero-order valence-corrected chi connectivity index (χ0v) is 12.2. The van der Waals surface area contributed by atoms with E-state index in [4.69, 9.17) is 0 Å². The lowest BCUT2D eigenvalue weighted by molar-refractivity contribution is 0.631. The SMILES string of the molecule is CCCNCc1ccn(Cc2ccc(Br)s2)n1. The molecule has 0 saturated carbocycles. The van der Waals surface area contributed by atoms with E-state index >= 15 is 0 Å². The average Bonchev–Trinajstić information content (AvgIpc) is 2.90. The molecule has 0 amide bonds. The molecule has 0 radical (unpaired) electrons. The van der Waals surface area contributed by atoms with E-state index in [0.29, 0.717) is 0 Å². The first kappa shape index (κ1) is 12.8. The first-order chi connectivity index (χ1) is 8.28. The summed E-state index contributed by atoms with van der Waals surface area (Å²) in [5, 5.41) is 7.88. The molecule has 3 nitrogen and oxygen atoms in total. The maximum Gasteiger partial charge on any atom is 0.0762 e. The molecule has 0 aliphatic heterocycles. The second-order valence-electron chi connectivity index (χ2n) is 3.89. The van der Waals surface area contributed by atoms with Crippen LogP contribution in [-0.4, -0.2) is 16.3 Å². The van der Waals surface area contributed by atoms with Crippen LogP contribution in [-0.2, 0) is 13.1 Å². The van der Waals surface area contributed by atoms with E-state index < -0.39 is 0 Å². The molecule has 92 valence electrons. The topological polar surface area (TPSA) is 29.9 Å². The smallest absolute Gasteiger partial charge is 0.0762 e. The molecule has 0 saturated heterocycles. The summed E-state index contributed by atoms with van der Waals surface area (Å²) in [6, 6.07) is 6.28. The van der Waals surface area contributed by atoms with Gasteiger partial charge in [-0.05, 0) is 47.1 Å². The molecule has 0 bridgehead atoms. The second-order valence-corrected chi connectivity index (χ2v) is 6.43. The van der Waals surface area contributed by atoms with Crippen LogP contribution in [0, 0.1) is 0 Å². The quantitative estimate of drug-likeness (QED) is 0.830. The number of nitrogens with one attached hydrogen (secondary N) is 1. The fourth-order valence-electron chi connectivity index (χ4n) is 1.58. The van der Waals surface area contributed by atoms with Crippen molar-refractivity contribution < 1.29 is 0 Å². The van der Waals surface area contributed by atoms with Gasteiger partial charge in [0, 0.05) is 17.6 Å². The minimum atomic E-state index is 0.851. The van der Waals surface area contributed by atoms with Gasteiger partial charge in [-0.1, -0.05) is 6.92 Å². The monoisotopic (exact) mass is 313 g/mol. The molecule has 5 heteroatoms. The molecule has 0 fully saturated rings. The van der Waals surface area contributed by atoms with Gasteiger partial charge in [0.25, 0.3) is 0 Å². The molecule has 2 rings (SSSR count). The molecule has 2 aromatic rings. The number of halogens is 1. The van der Waals surface area contributed by atoms with Gasteiger partial charge in [-0.15, -0.1) is 11.3 Å². The Morgan fingerprint density at radius 3 is 3.00 bits per heavy atom. The Kier molecular flexibility index (Phi) is 4.76. The summed E-state index contributed by atoms with van der Waals surface area (Å²) in [5.74, 6) is 0. The summed E-state index contributed by atoms with van der Waals surface area (Å²) in [6.07, 6.45) is 3.19. The second kappa shape index (κ2) is 6.33. The van der Waals surface area contributed by atoms with Crippen molar-refractivity contribution in [2.75, 3.05) is 6.54 Å². The first-order valence-corrected chi connectivity index (χ1v) is 7.36. The summed E-state index contributed by atoms with van der Waals surface area (Å²) < 4.78 is 3.16. The largest absolute Gasteiger partial charge is 0.311 e. The van der Waals surface area contributed by atoms with Gasteiger partial charge in [0.05, 0.1) is 16.0 Å². The van der Waals surface area contributed by atoms with Crippen molar-refractivity contribution in [2.45, 2.75) is 26.4 Å². The Morgan fingerprint density at radius 2 is 2.29 bits per heavy atom. The molecule has 2 aromatic heterocycles. The molecule has 0 unspecified atom stereocenters. The number of hydrogen-bond acceptors (Lipinski definition) is 3. The minimum Gasteiger partial charge on any atom is -0.311 e. The third-order valence-electron chi connectivity index (χ3n) is 2.38. The fraction of sp³-hybridized carbons (Fsp3) is 0.417. The standard InChI is InChI=1S/C12H16BrN3S/c1-2-6-14-8-10-5-7-16(15-10)9-11-3-4-12(13)17-11/h3-5,7,14H,2,6,8-9H2,1H3. The van der Waals surface area contributed by atoms with E-state index in [1.165, 1.54) is 8.66 Å². The molecule has 0 spiro atoms. The van der Waals surface area contributed by atoms with E-state index in [2.05, 4.69) is 51.5 Å². The van der Waals surface area contributed by atoms with Crippen molar-refractivity contribution >= 4 is 27.3 Å². The van der Waals surface area contributed by atoms with Gasteiger partial charge in [-0.2, -0.15) is 5.10 Å². The van der Waals surface area contributed by atoms with Crippen LogP contribution in [0.2, 0.25) is 0 Å². The maximum absolute atomic E-state index is 4.53. The summed E-state index contributed by atoms with van der Waals surface area (Å²) >= 11 is 5.23. The average molecular weight is 314 g/mol. The Bertz CT molecular complexity index is 464. The van der Waals surface area contributed by atoms with Crippen molar-refractivity contribution in [1.82, 2.24) is 15.1 Å². The molecule has 0 aromatic carbocycles. The number of hydrogen-bond donors (Lipinski definition) is 1. The zero-order valence-electron chi connectivity index (χ0n) is 9.82. The van der Waals surface area contributed by atoms with Gasteiger partial charge in [0.2, 0.25) is 0 Å². The summed E-state index contributed by atoms with van der Waals surface area (Å²) in [5.41, 5.74) is 1.11. The molecule has 1 N–H and O–H groups in total. The van der Waals surface area contributed by atoms with Crippen LogP contribution in [0.15, 0.2) is 28.2 Å². The van der Waals surface area contributed by atoms with Crippen molar-refractivity contribution in [3.05, 3.63) is 38.8 Å². The van der Waals surface area contributed by atoms with Crippen LogP contribution in [0.3, 0.4) is 0 Å². The summed E-state index contributed by atoms with van der Waals surface area (Å²) in [6.45, 7) is 4.92. The molecular weight excluding hydrogens is 298 g/mol. The molecule has 2 heterocycles. The molecule has 17 heavy (non-hydrogen) atoms. The minimum absolute atomic E-state index is 0.851. The van der Waals surface area contributed by atoms with Crippen LogP contribution in [0.1, 0.15) is 23.9 Å². The Balaban J connectivity index is 1.89. The highest BCUT2D eigenvalue weighted by molar-refractivity contribution is 9.11. The predicted octanol–water partition coefficient (Wildman–Crippen LogP) is 3.26. The van der Waals surface area contributed by atoms with Crippen LogP contribution in [0.25, 0.3) is 0 Å². The van der Waals surface area contributed by atoms with Crippen LogP contribution in [0.4, 0.5) is 0 Å². The number of thiophene rings is 1. The van der Waals surface area contributed by atoms with E-state index in [-0.39, 0.29) is 0 Å². The number of aromatic nitrogens is 2. The third kappa shape index (κ3) is 3.94. The number of rotatable bonds is 6. The normalized spacial score (nSPS) is 10.9. The van der Waals surface area contributed by atoms with Crippen molar-refractivity contribution in [1.29, 1.82) is 0 Å². The van der Waals surface area contributed by atoms with Crippen molar-refractivity contribution in [3.8, 4) is 0 Å². The highest BCUT2D eigenvalue weighted by atomic mass is 79.9. The van der Waals surface area contributed by atoms with E-state index in [1.54, 1.807) is 11.3 Å². The summed E-state index contributed by atoms with van der Waals surface area (Å²) in [7, 11) is 0. The van der Waals surface area contributed by atoms with E-state index in [9.17, 15) is 0 Å². The lowest BCUT2D eigenvalue weighted by atomic mass is 10.4. The lowest BCUT2D eigenvalue weighted by Gasteiger charge is -2.00. The van der Waals surface area contributed by atoms with Gasteiger partial charge in [0.1, 0.15) is 0 Å². The maximum atomic E-state index is 4.53. The predicted molar refractivity (Wildman–Crippen MR) is 75.3 cm³/mol. The highest BCUT2D eigenvalue weighted by Crippen LogP contribution is 2.22. The first-order valence-electron chi connectivity index (χ1n) is 5.75. The van der Waals surface area contributed by atoms with E-state index in [1.807, 2.05) is 10.9 Å². The highest BCUT2D eigenvalue weighted by Gasteiger charge is 2.01. The van der Waals surface area contributed by atoms with Gasteiger partial charge in [0.15, 0.2) is 0 Å². The van der Waals surface area contributed by atoms with Gasteiger partial charge < -0.3 is 5.32 Å². The van der Waals surface area contributed by atoms with E-state index in [0.717, 1.165) is 31.7 Å². The molecule has 0 atom stereocenters. The zero-order chi connectivity index (χ0) is 12.1. The third-order valence-corrected chi connectivity index (χ3v) is 3.98. The van der Waals surface area contributed by atoms with Crippen LogP contribution in [0.5, 0.6) is 0 Å². The van der Waals surface area contributed by atoms with Gasteiger partial charge in [-0.3, -0.25) is 4.68 Å². The number of nitrogens with zero attached hydrogens (tertiary/aromatic N) is 2. The van der Waals surface area contributed by atoms with Crippen molar-refractivity contribution in [2.24, 2.45) is 0 Å². The molecule has 0 aliphatic rings. The Morgan fingerprint density at radius 1 is 1.41 bits per heavy atom. The Hall–Kier alpha value is -0.650. The molecule has 0 aliphatic carbocycles. The fourth-order valence-corrected chi connectivity index (χ4v) is 3.05. The van der Waals surface area contributed by atoms with Gasteiger partial charge in [-0.25, -0.2) is 0 Å².